The fraction of sp³-hybridized carbons (Fsp3) is 0.0270. The Bertz CT molecular complexity index is 2190. The number of halogens is 1. The minimum absolute atomic E-state index is 0.386. The first-order chi connectivity index (χ1) is 19.7. The number of hydrogen-bond donors (Lipinski definition) is 0. The van der Waals surface area contributed by atoms with Crippen LogP contribution >= 0.6 is 15.9 Å². The zero-order valence-corrected chi connectivity index (χ0v) is 23.0. The largest absolute Gasteiger partial charge is 0.254 e. The van der Waals surface area contributed by atoms with Gasteiger partial charge in [0.15, 0.2) is 0 Å². The van der Waals surface area contributed by atoms with Gasteiger partial charge in [-0.3, -0.25) is 4.98 Å². The molecule has 2 aliphatic rings. The van der Waals surface area contributed by atoms with Gasteiger partial charge in [0.1, 0.15) is 0 Å². The van der Waals surface area contributed by atoms with Crippen LogP contribution in [0.3, 0.4) is 0 Å². The fourth-order valence-corrected chi connectivity index (χ4v) is 7.52. The summed E-state index contributed by atoms with van der Waals surface area (Å²) in [5.74, 6) is 0. The van der Waals surface area contributed by atoms with Gasteiger partial charge >= 0.3 is 0 Å². The first-order valence-corrected chi connectivity index (χ1v) is 14.3. The van der Waals surface area contributed by atoms with Gasteiger partial charge in [0, 0.05) is 27.0 Å². The van der Waals surface area contributed by atoms with E-state index in [1.165, 1.54) is 44.5 Å². The Hall–Kier alpha value is -4.60. The number of nitrogens with zero attached hydrogens (tertiary/aromatic N) is 2. The molecule has 1 atom stereocenters. The predicted octanol–water partition coefficient (Wildman–Crippen LogP) is 9.56. The van der Waals surface area contributed by atoms with Gasteiger partial charge in [-0.2, -0.15) is 0 Å². The molecule has 9 rings (SSSR count). The topological polar surface area (TPSA) is 25.8 Å². The third-order valence-corrected chi connectivity index (χ3v) is 9.27. The Morgan fingerprint density at radius 3 is 1.90 bits per heavy atom. The van der Waals surface area contributed by atoms with Crippen molar-refractivity contribution >= 4 is 37.7 Å². The molecule has 7 aromatic rings. The smallest absolute Gasteiger partial charge is 0.0972 e. The van der Waals surface area contributed by atoms with Gasteiger partial charge in [-0.15, -0.1) is 0 Å². The maximum atomic E-state index is 5.20. The molecule has 0 amide bonds. The van der Waals surface area contributed by atoms with Gasteiger partial charge in [0.05, 0.1) is 22.1 Å². The number of fused-ring (bicyclic) bond motifs is 13. The van der Waals surface area contributed by atoms with Crippen LogP contribution in [0.4, 0.5) is 0 Å². The Labute approximate surface area is 240 Å². The van der Waals surface area contributed by atoms with E-state index in [0.29, 0.717) is 0 Å². The van der Waals surface area contributed by atoms with Gasteiger partial charge in [0.25, 0.3) is 0 Å². The van der Waals surface area contributed by atoms with Crippen LogP contribution in [-0.2, 0) is 5.41 Å². The molecule has 3 heteroatoms. The molecular weight excluding hydrogens is 552 g/mol. The highest BCUT2D eigenvalue weighted by Crippen LogP contribution is 2.63. The van der Waals surface area contributed by atoms with Crippen molar-refractivity contribution in [1.29, 1.82) is 0 Å². The summed E-state index contributed by atoms with van der Waals surface area (Å²) in [7, 11) is 0. The van der Waals surface area contributed by atoms with Crippen LogP contribution in [0.5, 0.6) is 0 Å². The lowest BCUT2D eigenvalue weighted by Gasteiger charge is -2.30. The molecule has 2 aliphatic carbocycles. The average Bonchev–Trinajstić information content (AvgIpc) is 3.47. The van der Waals surface area contributed by atoms with Gasteiger partial charge in [-0.1, -0.05) is 107 Å². The summed E-state index contributed by atoms with van der Waals surface area (Å²) >= 11 is 3.80. The fourth-order valence-electron chi connectivity index (χ4n) is 7.16. The minimum atomic E-state index is -0.386. The van der Waals surface area contributed by atoms with Crippen molar-refractivity contribution in [3.05, 3.63) is 154 Å². The molecule has 0 radical (unpaired) electrons. The minimum Gasteiger partial charge on any atom is -0.254 e. The van der Waals surface area contributed by atoms with Crippen molar-refractivity contribution in [2.75, 3.05) is 0 Å². The lowest BCUT2D eigenvalue weighted by molar-refractivity contribution is 0.793. The van der Waals surface area contributed by atoms with Crippen molar-refractivity contribution in [3.63, 3.8) is 0 Å². The zero-order chi connectivity index (χ0) is 26.4. The molecule has 0 aliphatic heterocycles. The van der Waals surface area contributed by atoms with Crippen LogP contribution in [0, 0.1) is 0 Å². The average molecular weight is 573 g/mol. The molecule has 1 unspecified atom stereocenters. The van der Waals surface area contributed by atoms with E-state index in [9.17, 15) is 0 Å². The van der Waals surface area contributed by atoms with Crippen LogP contribution in [0.25, 0.3) is 55.3 Å². The predicted molar refractivity (Wildman–Crippen MR) is 166 cm³/mol. The summed E-state index contributed by atoms with van der Waals surface area (Å²) in [5, 5.41) is 2.20. The molecule has 0 bridgehead atoms. The van der Waals surface area contributed by atoms with Crippen molar-refractivity contribution in [2.24, 2.45) is 0 Å². The van der Waals surface area contributed by atoms with Crippen molar-refractivity contribution < 1.29 is 0 Å². The number of rotatable bonds is 1. The third-order valence-electron chi connectivity index (χ3n) is 8.78. The quantitative estimate of drug-likeness (QED) is 0.183. The maximum absolute atomic E-state index is 5.20. The molecule has 0 saturated carbocycles. The van der Waals surface area contributed by atoms with E-state index < -0.39 is 0 Å². The van der Waals surface area contributed by atoms with Crippen LogP contribution in [0.1, 0.15) is 22.3 Å². The highest BCUT2D eigenvalue weighted by atomic mass is 79.9. The maximum Gasteiger partial charge on any atom is 0.0972 e. The zero-order valence-electron chi connectivity index (χ0n) is 21.4. The Balaban J connectivity index is 1.36. The molecule has 0 fully saturated rings. The summed E-state index contributed by atoms with van der Waals surface area (Å²) in [6.45, 7) is 0. The van der Waals surface area contributed by atoms with Gasteiger partial charge < -0.3 is 0 Å². The van der Waals surface area contributed by atoms with Gasteiger partial charge in [0.2, 0.25) is 0 Å². The molecule has 2 aromatic heterocycles. The van der Waals surface area contributed by atoms with Crippen molar-refractivity contribution in [3.8, 4) is 33.5 Å². The lowest BCUT2D eigenvalue weighted by Crippen LogP contribution is -2.25. The standard InChI is InChI=1S/C37H21BrN2/c38-25-15-17-29-27-8-2-4-10-31(27)37(33(29)21-25)30-9-3-1-7-26(30)28-16-13-24(20-32(28)37)34-18-14-23-12-11-22-6-5-19-39-35(22)36(23)40-34/h1-21H. The SMILES string of the molecule is Brc1ccc2c(c1)C1(c3ccccc3-2)c2ccccc2-c2ccc(-c3ccc4ccc5cccnc5c4n3)cc21. The molecule has 1 spiro atoms. The molecule has 0 N–H and O–H groups in total. The van der Waals surface area contributed by atoms with E-state index in [-0.39, 0.29) is 5.41 Å². The van der Waals surface area contributed by atoms with Gasteiger partial charge in [-0.05, 0) is 74.8 Å². The van der Waals surface area contributed by atoms with E-state index >= 15 is 0 Å². The molecule has 0 saturated heterocycles. The lowest BCUT2D eigenvalue weighted by atomic mass is 9.70. The second-order valence-electron chi connectivity index (χ2n) is 10.7. The first kappa shape index (κ1) is 22.2. The first-order valence-electron chi connectivity index (χ1n) is 13.5. The molecular formula is C37H21BrN2. The Morgan fingerprint density at radius 1 is 0.500 bits per heavy atom. The number of hydrogen-bond acceptors (Lipinski definition) is 2. The van der Waals surface area contributed by atoms with Crippen molar-refractivity contribution in [2.45, 2.75) is 5.41 Å². The van der Waals surface area contributed by atoms with Gasteiger partial charge in [-0.25, -0.2) is 4.98 Å². The van der Waals surface area contributed by atoms with E-state index in [1.807, 2.05) is 12.3 Å². The molecule has 2 heterocycles. The summed E-state index contributed by atoms with van der Waals surface area (Å²) < 4.78 is 1.09. The van der Waals surface area contributed by atoms with E-state index in [2.05, 4.69) is 136 Å². The van der Waals surface area contributed by atoms with E-state index in [1.54, 1.807) is 0 Å². The summed E-state index contributed by atoms with van der Waals surface area (Å²) in [6.07, 6.45) is 1.85. The highest BCUT2D eigenvalue weighted by molar-refractivity contribution is 9.10. The number of pyridine rings is 2. The van der Waals surface area contributed by atoms with Crippen LogP contribution in [-0.4, -0.2) is 9.97 Å². The molecule has 5 aromatic carbocycles. The molecule has 186 valence electrons. The number of aromatic nitrogens is 2. The Morgan fingerprint density at radius 2 is 1.12 bits per heavy atom. The highest BCUT2D eigenvalue weighted by Gasteiger charge is 2.51. The summed E-state index contributed by atoms with van der Waals surface area (Å²) in [5.41, 5.74) is 14.1. The molecule has 2 nitrogen and oxygen atoms in total. The summed E-state index contributed by atoms with van der Waals surface area (Å²) in [6, 6.07) is 44.1. The normalized spacial score (nSPS) is 16.2. The Kier molecular flexibility index (Phi) is 4.43. The van der Waals surface area contributed by atoms with E-state index in [0.717, 1.165) is 37.5 Å². The third kappa shape index (κ3) is 2.78. The second-order valence-corrected chi connectivity index (χ2v) is 11.6. The van der Waals surface area contributed by atoms with E-state index in [4.69, 9.17) is 4.98 Å². The van der Waals surface area contributed by atoms with Crippen molar-refractivity contribution in [1.82, 2.24) is 9.97 Å². The second kappa shape index (κ2) is 7.97. The van der Waals surface area contributed by atoms with Crippen LogP contribution in [0.2, 0.25) is 0 Å². The molecule has 40 heavy (non-hydrogen) atoms. The van der Waals surface area contributed by atoms with Crippen LogP contribution in [0.15, 0.2) is 132 Å². The van der Waals surface area contributed by atoms with Crippen LogP contribution < -0.4 is 0 Å². The summed E-state index contributed by atoms with van der Waals surface area (Å²) in [4.78, 5) is 9.87. The number of benzene rings is 5. The monoisotopic (exact) mass is 572 g/mol.